The molecule has 0 N–H and O–H groups in total. The van der Waals surface area contributed by atoms with E-state index in [1.807, 2.05) is 0 Å². The molecule has 0 fully saturated rings. The van der Waals surface area contributed by atoms with Crippen LogP contribution in [0, 0.1) is 0 Å². The van der Waals surface area contributed by atoms with Crippen LogP contribution in [-0.2, 0) is 39.8 Å². The van der Waals surface area contributed by atoms with Crippen molar-refractivity contribution in [1.82, 2.24) is 0 Å². The van der Waals surface area contributed by atoms with Crippen molar-refractivity contribution in [3.8, 4) is 0 Å². The van der Waals surface area contributed by atoms with Crippen LogP contribution in [0.25, 0.3) is 0 Å². The number of rotatable bonds is 9. The van der Waals surface area contributed by atoms with Gasteiger partial charge in [0.15, 0.2) is 0 Å². The third kappa shape index (κ3) is 5.87. The third-order valence-corrected chi connectivity index (χ3v) is 51.6. The van der Waals surface area contributed by atoms with Crippen LogP contribution in [0.3, 0.4) is 0 Å². The Balaban J connectivity index is 5.00. The largest absolute Gasteiger partial charge is 0.580 e. The summed E-state index contributed by atoms with van der Waals surface area (Å²) < 4.78 is 95.6. The Hall–Kier alpha value is 0.152. The zero-order chi connectivity index (χ0) is 16.0. The summed E-state index contributed by atoms with van der Waals surface area (Å²) in [6.07, 6.45) is 0. The van der Waals surface area contributed by atoms with E-state index in [0.29, 0.717) is 0 Å². The van der Waals surface area contributed by atoms with Crippen LogP contribution < -0.4 is 0 Å². The lowest BCUT2D eigenvalue weighted by molar-refractivity contribution is 0.471. The third-order valence-electron chi connectivity index (χ3n) is 1.68. The SMILES string of the molecule is C[SiH](C)O[Si](=O)[Si](=O)[Si](=O)[Si](=O)[Si](=O)[Si](=O)[Si](=O)[SiH]=O. The predicted octanol–water partition coefficient (Wildman–Crippen LogP) is -3.81. The molecule has 0 aromatic heterocycles. The van der Waals surface area contributed by atoms with Crippen LogP contribution in [0.5, 0.6) is 0 Å². The van der Waals surface area contributed by atoms with E-state index in [-0.39, 0.29) is 0 Å². The van der Waals surface area contributed by atoms with Crippen LogP contribution in [0.15, 0.2) is 0 Å². The summed E-state index contributed by atoms with van der Waals surface area (Å²) in [4.78, 5) is 0. The van der Waals surface area contributed by atoms with Gasteiger partial charge in [0.25, 0.3) is 0 Å². The number of hydrogen-bond acceptors (Lipinski definition) is 9. The Morgan fingerprint density at radius 1 is 0.750 bits per heavy atom. The Kier molecular flexibility index (Phi) is 9.30. The van der Waals surface area contributed by atoms with Gasteiger partial charge in [0, 0.05) is 0 Å². The highest BCUT2D eigenvalue weighted by molar-refractivity contribution is 7.72. The van der Waals surface area contributed by atoms with E-state index in [0.717, 1.165) is 0 Å². The molecule has 0 aromatic carbocycles. The van der Waals surface area contributed by atoms with Crippen LogP contribution in [-0.4, -0.2) is 72.7 Å². The van der Waals surface area contributed by atoms with Crippen LogP contribution >= 0.6 is 0 Å². The van der Waals surface area contributed by atoms with Crippen molar-refractivity contribution in [2.45, 2.75) is 13.1 Å². The van der Waals surface area contributed by atoms with Crippen molar-refractivity contribution in [2.24, 2.45) is 0 Å². The second-order valence-electron chi connectivity index (χ2n) is 3.58. The normalized spacial score (nSPS) is 9.55. The van der Waals surface area contributed by atoms with Gasteiger partial charge in [-0.2, -0.15) is 0 Å². The first-order valence-corrected chi connectivity index (χ1v) is 25.9. The lowest BCUT2D eigenvalue weighted by Gasteiger charge is -2.03. The fourth-order valence-electron chi connectivity index (χ4n) is 0.835. The molecule has 0 aliphatic carbocycles. The van der Waals surface area contributed by atoms with Gasteiger partial charge in [-0.25, -0.2) is 0 Å². The van der Waals surface area contributed by atoms with Gasteiger partial charge >= 0.3 is 63.7 Å². The van der Waals surface area contributed by atoms with Crippen molar-refractivity contribution < 1.29 is 39.8 Å². The van der Waals surface area contributed by atoms with Gasteiger partial charge in [0.2, 0.25) is 9.04 Å². The first-order valence-electron chi connectivity index (χ1n) is 5.05. The molecule has 106 valence electrons. The molecule has 0 radical (unpaired) electrons. The highest BCUT2D eigenvalue weighted by Gasteiger charge is 2.48. The molecule has 0 heterocycles. The molecule has 20 heavy (non-hydrogen) atoms. The summed E-state index contributed by atoms with van der Waals surface area (Å²) in [6.45, 7) is 3.28. The predicted molar refractivity (Wildman–Crippen MR) is 72.9 cm³/mol. The monoisotopic (exact) mass is 428 g/mol. The van der Waals surface area contributed by atoms with Crippen molar-refractivity contribution >= 4 is 72.7 Å². The minimum Gasteiger partial charge on any atom is -0.580 e. The van der Waals surface area contributed by atoms with E-state index >= 15 is 0 Å². The van der Waals surface area contributed by atoms with Gasteiger partial charge < -0.3 is 39.8 Å². The summed E-state index contributed by atoms with van der Waals surface area (Å²) in [5, 5.41) is 0. The quantitative estimate of drug-likeness (QED) is 0.337. The van der Waals surface area contributed by atoms with E-state index in [9.17, 15) is 35.7 Å². The van der Waals surface area contributed by atoms with E-state index in [2.05, 4.69) is 0 Å². The highest BCUT2D eigenvalue weighted by Crippen LogP contribution is 1.87. The molecule has 0 rings (SSSR count). The second-order valence-corrected chi connectivity index (χ2v) is 39.3. The first kappa shape index (κ1) is 20.2. The summed E-state index contributed by atoms with van der Waals surface area (Å²) >= 11 is 0. The van der Waals surface area contributed by atoms with E-state index in [1.165, 1.54) is 0 Å². The Labute approximate surface area is 125 Å². The van der Waals surface area contributed by atoms with Crippen molar-refractivity contribution in [3.05, 3.63) is 0 Å². The molecule has 0 saturated heterocycles. The van der Waals surface area contributed by atoms with Crippen molar-refractivity contribution in [2.75, 3.05) is 0 Å². The van der Waals surface area contributed by atoms with Gasteiger partial charge in [-0.3, -0.25) is 0 Å². The van der Waals surface area contributed by atoms with Gasteiger partial charge in [-0.1, -0.05) is 0 Å². The fraction of sp³-hybridized carbons (Fsp3) is 1.00. The second kappa shape index (κ2) is 9.23. The van der Waals surface area contributed by atoms with Gasteiger partial charge in [0.1, 0.15) is 0 Å². The molecule has 0 aromatic rings. The molecule has 0 bridgehead atoms. The molecule has 0 saturated carbocycles. The molecule has 0 unspecified atom stereocenters. The van der Waals surface area contributed by atoms with Crippen molar-refractivity contribution in [3.63, 3.8) is 0 Å². The fourth-order valence-corrected chi connectivity index (χ4v) is 66.0. The molecule has 0 aliphatic heterocycles. The van der Waals surface area contributed by atoms with E-state index in [1.54, 1.807) is 13.1 Å². The Morgan fingerprint density at radius 3 is 1.55 bits per heavy atom. The first-order chi connectivity index (χ1) is 9.13. The molecule has 0 atom stereocenters. The van der Waals surface area contributed by atoms with E-state index < -0.39 is 72.7 Å². The zero-order valence-electron chi connectivity index (χ0n) is 10.3. The summed E-state index contributed by atoms with van der Waals surface area (Å²) in [5.41, 5.74) is 0. The average molecular weight is 429 g/mol. The average Bonchev–Trinajstić information content (AvgIpc) is 2.41. The van der Waals surface area contributed by atoms with Crippen molar-refractivity contribution in [1.29, 1.82) is 0 Å². The minimum atomic E-state index is -3.51. The van der Waals surface area contributed by atoms with E-state index in [4.69, 9.17) is 4.12 Å². The van der Waals surface area contributed by atoms with Crippen LogP contribution in [0.4, 0.5) is 0 Å². The maximum Gasteiger partial charge on any atom is 0.532 e. The molecule has 0 spiro atoms. The number of hydrogen-bond donors (Lipinski definition) is 0. The summed E-state index contributed by atoms with van der Waals surface area (Å²) in [6, 6.07) is 0. The lowest BCUT2D eigenvalue weighted by Crippen LogP contribution is -2.50. The lowest BCUT2D eigenvalue weighted by atomic mass is 11.9. The van der Waals surface area contributed by atoms with Crippen LogP contribution in [0.2, 0.25) is 13.1 Å². The molecule has 0 amide bonds. The zero-order valence-corrected chi connectivity index (χ0v) is 19.6. The molecule has 0 aliphatic rings. The summed E-state index contributed by atoms with van der Waals surface area (Å²) in [7, 11) is -27.0. The maximum absolute atomic E-state index is 11.7. The standard InChI is InChI=1S/C2H8O9Si9/c1-13(2)11-14(4)16(6)18(8)20(10)19(9)17(7)15(5)12-3/h12-13H,1-2H3. The van der Waals surface area contributed by atoms with Gasteiger partial charge in [-0.05, 0) is 13.1 Å². The van der Waals surface area contributed by atoms with Gasteiger partial charge in [0.05, 0.1) is 0 Å². The minimum absolute atomic E-state index is 1.64. The van der Waals surface area contributed by atoms with Gasteiger partial charge in [-0.15, -0.1) is 0 Å². The highest BCUT2D eigenvalue weighted by atomic mass is 30.0. The molecular weight excluding hydrogens is 421 g/mol. The topological polar surface area (TPSA) is 146 Å². The smallest absolute Gasteiger partial charge is 0.532 e. The summed E-state index contributed by atoms with van der Waals surface area (Å²) in [5.74, 6) is 0. The van der Waals surface area contributed by atoms with Crippen LogP contribution in [0.1, 0.15) is 0 Å². The molecule has 9 nitrogen and oxygen atoms in total. The Bertz CT molecular complexity index is 546. The maximum atomic E-state index is 11.7. The molecule has 18 heteroatoms. The Morgan fingerprint density at radius 2 is 1.15 bits per heavy atom. The molecular formula is C2H8O9Si9.